The summed E-state index contributed by atoms with van der Waals surface area (Å²) in [5, 5.41) is 0. The number of aromatic amines is 2. The van der Waals surface area contributed by atoms with Gasteiger partial charge in [-0.3, -0.25) is 0 Å². The van der Waals surface area contributed by atoms with Gasteiger partial charge in [-0.15, -0.1) is 0 Å². The van der Waals surface area contributed by atoms with Gasteiger partial charge >= 0.3 is 0 Å². The zero-order valence-corrected chi connectivity index (χ0v) is 40.2. The first-order chi connectivity index (χ1) is 34.7. The third kappa shape index (κ3) is 8.81. The fraction of sp³-hybridized carbons (Fsp3) is 0.108. The zero-order chi connectivity index (χ0) is 48.0. The first-order valence-corrected chi connectivity index (χ1v) is 24.2. The Kier molecular flexibility index (Phi) is 11.0. The summed E-state index contributed by atoms with van der Waals surface area (Å²) in [6.45, 7) is 11.0. The minimum absolute atomic E-state index is 0.827. The molecule has 2 bridgehead atoms. The van der Waals surface area contributed by atoms with Gasteiger partial charge in [0.05, 0.1) is 29.4 Å². The van der Waals surface area contributed by atoms with E-state index in [2.05, 4.69) is 253 Å². The zero-order valence-electron chi connectivity index (χ0n) is 40.2. The number of hydrogen-bond donors (Lipinski definition) is 2. The third-order valence-corrected chi connectivity index (χ3v) is 13.7. The van der Waals surface area contributed by atoms with Gasteiger partial charge in [0, 0.05) is 80.1 Å². The number of hydrogen-bond acceptors (Lipinski definition) is 4. The van der Waals surface area contributed by atoms with Crippen molar-refractivity contribution in [2.24, 2.45) is 0 Å². The molecule has 0 amide bonds. The van der Waals surface area contributed by atoms with Crippen molar-refractivity contribution in [1.29, 1.82) is 0 Å². The molecule has 2 aliphatic rings. The summed E-state index contributed by atoms with van der Waals surface area (Å²) in [4.78, 5) is 22.5. The SMILES string of the molecule is Cc1ccc(-c2nc(-c3ccc(C#Cc4ccc5c(c4)CN4CN5Cc5cc(C#Cc6ccc(-c7nc(-c8ccc(C)cc8)c(-c8ccc(C)cc8)[nH]7)cc6)ccc54)cc3)[nH]c2-c2ccc(C)cc2)cc1. The second kappa shape index (κ2) is 18.1. The largest absolute Gasteiger partial charge is 0.349 e. The number of fused-ring (bicyclic) bond motifs is 6. The van der Waals surface area contributed by atoms with Crippen molar-refractivity contribution < 1.29 is 0 Å². The highest BCUT2D eigenvalue weighted by Gasteiger charge is 2.29. The standard InChI is InChI=1S/C65H50N6/c1-42-5-23-50(24-6-42)60-61(51-25-7-43(2)8-26-51)67-64(66-60)54-31-17-46(18-32-54)13-15-48-21-35-58-56(37-48)39-70-41-71(58)40-57-38-49(22-36-59(57)70)16-14-47-19-33-55(34-20-47)65-68-62(52-27-9-44(3)10-28-52)63(69-65)53-29-11-45(4)12-30-53/h5-12,17-38H,39-41H2,1-4H3,(H,66,67)(H,68,69). The predicted octanol–water partition coefficient (Wildman–Crippen LogP) is 14.5. The van der Waals surface area contributed by atoms with Crippen molar-refractivity contribution in [1.82, 2.24) is 19.9 Å². The molecule has 0 atom stereocenters. The van der Waals surface area contributed by atoms with Crippen LogP contribution in [0.1, 0.15) is 55.6 Å². The highest BCUT2D eigenvalue weighted by atomic mass is 15.4. The molecule has 2 N–H and O–H groups in total. The molecule has 12 rings (SSSR count). The number of rotatable bonds is 6. The lowest BCUT2D eigenvalue weighted by atomic mass is 9.98. The van der Waals surface area contributed by atoms with Crippen molar-refractivity contribution in [2.45, 2.75) is 40.8 Å². The Balaban J connectivity index is 0.729. The van der Waals surface area contributed by atoms with E-state index in [1.807, 2.05) is 0 Å². The summed E-state index contributed by atoms with van der Waals surface area (Å²) < 4.78 is 0. The number of nitrogens with zero attached hydrogens (tertiary/aromatic N) is 4. The van der Waals surface area contributed by atoms with Gasteiger partial charge in [-0.1, -0.05) is 167 Å². The van der Waals surface area contributed by atoms with E-state index in [-0.39, 0.29) is 0 Å². The van der Waals surface area contributed by atoms with Crippen LogP contribution in [0.4, 0.5) is 11.4 Å². The summed E-state index contributed by atoms with van der Waals surface area (Å²) in [6, 6.07) is 64.4. The van der Waals surface area contributed by atoms with Crippen molar-refractivity contribution >= 4 is 11.4 Å². The van der Waals surface area contributed by atoms with Gasteiger partial charge in [-0.2, -0.15) is 0 Å². The molecular weight excluding hydrogens is 865 g/mol. The second-order valence-electron chi connectivity index (χ2n) is 19.0. The molecule has 2 aliphatic heterocycles. The molecule has 0 fully saturated rings. The Labute approximate surface area is 415 Å². The molecule has 8 aromatic carbocycles. The average Bonchev–Trinajstić information content (AvgIpc) is 4.05. The molecule has 6 heteroatoms. The summed E-state index contributed by atoms with van der Waals surface area (Å²) in [6.07, 6.45) is 0. The summed E-state index contributed by atoms with van der Waals surface area (Å²) in [7, 11) is 0. The Morgan fingerprint density at radius 2 is 0.662 bits per heavy atom. The average molecular weight is 915 g/mol. The highest BCUT2D eigenvalue weighted by molar-refractivity contribution is 5.83. The van der Waals surface area contributed by atoms with Gasteiger partial charge in [0.15, 0.2) is 0 Å². The Hall–Kier alpha value is -9.10. The quantitative estimate of drug-likeness (QED) is 0.163. The van der Waals surface area contributed by atoms with Crippen molar-refractivity contribution in [3.05, 3.63) is 238 Å². The van der Waals surface area contributed by atoms with Crippen molar-refractivity contribution in [3.8, 4) is 91.5 Å². The number of nitrogens with one attached hydrogen (secondary N) is 2. The van der Waals surface area contributed by atoms with E-state index in [4.69, 9.17) is 9.97 Å². The van der Waals surface area contributed by atoms with E-state index in [0.717, 1.165) is 110 Å². The van der Waals surface area contributed by atoms with E-state index < -0.39 is 0 Å². The van der Waals surface area contributed by atoms with Crippen molar-refractivity contribution in [2.75, 3.05) is 16.5 Å². The maximum atomic E-state index is 5.13. The molecule has 4 heterocycles. The van der Waals surface area contributed by atoms with Crippen LogP contribution in [0.3, 0.4) is 0 Å². The van der Waals surface area contributed by atoms with Gasteiger partial charge in [0.1, 0.15) is 11.6 Å². The predicted molar refractivity (Wildman–Crippen MR) is 291 cm³/mol. The molecule has 0 aliphatic carbocycles. The minimum Gasteiger partial charge on any atom is -0.349 e. The van der Waals surface area contributed by atoms with Gasteiger partial charge in [0.25, 0.3) is 0 Å². The molecule has 0 unspecified atom stereocenters. The van der Waals surface area contributed by atoms with Crippen LogP contribution in [0.25, 0.3) is 67.8 Å². The first-order valence-electron chi connectivity index (χ1n) is 24.2. The molecule has 71 heavy (non-hydrogen) atoms. The van der Waals surface area contributed by atoms with E-state index in [9.17, 15) is 0 Å². The minimum atomic E-state index is 0.827. The Morgan fingerprint density at radius 3 is 1.03 bits per heavy atom. The van der Waals surface area contributed by atoms with Crippen LogP contribution < -0.4 is 9.80 Å². The number of imidazole rings is 2. The van der Waals surface area contributed by atoms with Crippen LogP contribution in [-0.2, 0) is 13.1 Å². The monoisotopic (exact) mass is 914 g/mol. The van der Waals surface area contributed by atoms with Crippen LogP contribution in [0, 0.1) is 51.4 Å². The molecule has 0 spiro atoms. The number of anilines is 2. The van der Waals surface area contributed by atoms with Crippen LogP contribution in [0.5, 0.6) is 0 Å². The third-order valence-electron chi connectivity index (χ3n) is 13.7. The Bertz CT molecular complexity index is 3360. The molecule has 2 aromatic heterocycles. The number of aromatic nitrogens is 4. The maximum absolute atomic E-state index is 5.13. The van der Waals surface area contributed by atoms with E-state index in [1.165, 1.54) is 44.8 Å². The molecule has 0 saturated carbocycles. The lowest BCUT2D eigenvalue weighted by Crippen LogP contribution is -2.46. The molecular formula is C65H50N6. The topological polar surface area (TPSA) is 63.8 Å². The maximum Gasteiger partial charge on any atom is 0.138 e. The van der Waals surface area contributed by atoms with Crippen molar-refractivity contribution in [3.63, 3.8) is 0 Å². The number of benzene rings is 8. The summed E-state index contributed by atoms with van der Waals surface area (Å²) in [5.74, 6) is 15.4. The molecule has 0 saturated heterocycles. The number of aryl methyl sites for hydroxylation is 4. The Morgan fingerprint density at radius 1 is 0.352 bits per heavy atom. The fourth-order valence-corrected chi connectivity index (χ4v) is 9.67. The molecule has 0 radical (unpaired) electrons. The molecule has 10 aromatic rings. The van der Waals surface area contributed by atoms with Crippen LogP contribution >= 0.6 is 0 Å². The van der Waals surface area contributed by atoms with Gasteiger partial charge in [0.2, 0.25) is 0 Å². The van der Waals surface area contributed by atoms with E-state index >= 15 is 0 Å². The second-order valence-corrected chi connectivity index (χ2v) is 19.0. The fourth-order valence-electron chi connectivity index (χ4n) is 9.67. The molecule has 340 valence electrons. The van der Waals surface area contributed by atoms with Gasteiger partial charge in [-0.05, 0) is 99.5 Å². The van der Waals surface area contributed by atoms with E-state index in [1.54, 1.807) is 0 Å². The molecule has 6 nitrogen and oxygen atoms in total. The van der Waals surface area contributed by atoms with Gasteiger partial charge in [-0.25, -0.2) is 9.97 Å². The number of H-pyrrole nitrogens is 2. The van der Waals surface area contributed by atoms with E-state index in [0.29, 0.717) is 0 Å². The lowest BCUT2D eigenvalue weighted by molar-refractivity contribution is 0.650. The van der Waals surface area contributed by atoms with Crippen LogP contribution in [0.2, 0.25) is 0 Å². The van der Waals surface area contributed by atoms with Crippen LogP contribution in [0.15, 0.2) is 182 Å². The van der Waals surface area contributed by atoms with Crippen LogP contribution in [-0.4, -0.2) is 26.6 Å². The lowest BCUT2D eigenvalue weighted by Gasteiger charge is -2.44. The van der Waals surface area contributed by atoms with Gasteiger partial charge < -0.3 is 19.8 Å². The summed E-state index contributed by atoms with van der Waals surface area (Å²) in [5.41, 5.74) is 24.3. The smallest absolute Gasteiger partial charge is 0.138 e. The first kappa shape index (κ1) is 43.2. The summed E-state index contributed by atoms with van der Waals surface area (Å²) >= 11 is 0. The normalized spacial score (nSPS) is 12.3. The highest BCUT2D eigenvalue weighted by Crippen LogP contribution is 2.39.